The standard InChI is InChI=1S/C14H18N2O2/c1-2-3-9-16-10-12(17)15-13(14(16)18)11-7-5-4-6-8-11/h4-8,13H,2-3,9-10H2,1H3,(H,15,17). The second kappa shape index (κ2) is 5.67. The molecule has 1 atom stereocenters. The van der Waals surface area contributed by atoms with Crippen LogP contribution in [-0.2, 0) is 9.59 Å². The van der Waals surface area contributed by atoms with Crippen LogP contribution < -0.4 is 5.32 Å². The summed E-state index contributed by atoms with van der Waals surface area (Å²) >= 11 is 0. The van der Waals surface area contributed by atoms with Gasteiger partial charge in [0, 0.05) is 6.54 Å². The molecule has 0 aromatic heterocycles. The highest BCUT2D eigenvalue weighted by Crippen LogP contribution is 2.19. The van der Waals surface area contributed by atoms with E-state index in [1.165, 1.54) is 0 Å². The summed E-state index contributed by atoms with van der Waals surface area (Å²) in [7, 11) is 0. The second-order valence-corrected chi connectivity index (χ2v) is 4.52. The largest absolute Gasteiger partial charge is 0.339 e. The van der Waals surface area contributed by atoms with Gasteiger partial charge < -0.3 is 10.2 Å². The van der Waals surface area contributed by atoms with Crippen LogP contribution in [0.1, 0.15) is 31.4 Å². The number of hydrogen-bond acceptors (Lipinski definition) is 2. The van der Waals surface area contributed by atoms with Gasteiger partial charge in [0.05, 0.1) is 6.54 Å². The number of benzene rings is 1. The summed E-state index contributed by atoms with van der Waals surface area (Å²) < 4.78 is 0. The van der Waals surface area contributed by atoms with E-state index in [0.717, 1.165) is 18.4 Å². The number of carbonyl (C=O) groups is 2. The lowest BCUT2D eigenvalue weighted by molar-refractivity contribution is -0.144. The number of nitrogens with zero attached hydrogens (tertiary/aromatic N) is 1. The molecule has 2 amide bonds. The highest BCUT2D eigenvalue weighted by atomic mass is 16.2. The Morgan fingerprint density at radius 1 is 1.28 bits per heavy atom. The minimum Gasteiger partial charge on any atom is -0.339 e. The van der Waals surface area contributed by atoms with E-state index in [4.69, 9.17) is 0 Å². The first-order chi connectivity index (χ1) is 8.72. The third-order valence-corrected chi connectivity index (χ3v) is 3.11. The SMILES string of the molecule is CCCCN1CC(=O)NC(c2ccccc2)C1=O. The molecular weight excluding hydrogens is 228 g/mol. The Balaban J connectivity index is 2.15. The molecule has 0 bridgehead atoms. The van der Waals surface area contributed by atoms with E-state index in [9.17, 15) is 9.59 Å². The Kier molecular flexibility index (Phi) is 3.97. The summed E-state index contributed by atoms with van der Waals surface area (Å²) in [4.78, 5) is 25.6. The molecule has 2 rings (SSSR count). The zero-order valence-electron chi connectivity index (χ0n) is 10.6. The van der Waals surface area contributed by atoms with Crippen LogP contribution in [0, 0.1) is 0 Å². The summed E-state index contributed by atoms with van der Waals surface area (Å²) in [5, 5.41) is 2.76. The molecule has 0 aliphatic carbocycles. The predicted octanol–water partition coefficient (Wildman–Crippen LogP) is 1.49. The summed E-state index contributed by atoms with van der Waals surface area (Å²) in [5.41, 5.74) is 0.844. The number of piperazine rings is 1. The number of rotatable bonds is 4. The third-order valence-electron chi connectivity index (χ3n) is 3.11. The second-order valence-electron chi connectivity index (χ2n) is 4.52. The van der Waals surface area contributed by atoms with Crippen molar-refractivity contribution in [1.82, 2.24) is 10.2 Å². The van der Waals surface area contributed by atoms with Gasteiger partial charge in [-0.1, -0.05) is 43.7 Å². The van der Waals surface area contributed by atoms with Crippen molar-refractivity contribution in [2.75, 3.05) is 13.1 Å². The van der Waals surface area contributed by atoms with Crippen molar-refractivity contribution in [1.29, 1.82) is 0 Å². The maximum atomic E-state index is 12.3. The van der Waals surface area contributed by atoms with Crippen LogP contribution in [0.15, 0.2) is 30.3 Å². The molecule has 1 unspecified atom stereocenters. The molecule has 1 aromatic rings. The number of nitrogens with one attached hydrogen (secondary N) is 1. The van der Waals surface area contributed by atoms with Crippen molar-refractivity contribution in [2.24, 2.45) is 0 Å². The molecule has 4 nitrogen and oxygen atoms in total. The van der Waals surface area contributed by atoms with Crippen LogP contribution >= 0.6 is 0 Å². The fraction of sp³-hybridized carbons (Fsp3) is 0.429. The minimum atomic E-state index is -0.524. The van der Waals surface area contributed by atoms with Crippen LogP contribution in [0.3, 0.4) is 0 Å². The van der Waals surface area contributed by atoms with E-state index < -0.39 is 6.04 Å². The van der Waals surface area contributed by atoms with E-state index in [-0.39, 0.29) is 18.4 Å². The van der Waals surface area contributed by atoms with Crippen molar-refractivity contribution >= 4 is 11.8 Å². The zero-order valence-corrected chi connectivity index (χ0v) is 10.6. The molecule has 1 heterocycles. The van der Waals surface area contributed by atoms with Crippen molar-refractivity contribution in [3.63, 3.8) is 0 Å². The van der Waals surface area contributed by atoms with Crippen LogP contribution in [0.5, 0.6) is 0 Å². The van der Waals surface area contributed by atoms with Crippen molar-refractivity contribution in [2.45, 2.75) is 25.8 Å². The van der Waals surface area contributed by atoms with E-state index in [1.54, 1.807) is 4.90 Å². The van der Waals surface area contributed by atoms with E-state index in [1.807, 2.05) is 30.3 Å². The maximum Gasteiger partial charge on any atom is 0.250 e. The first kappa shape index (κ1) is 12.6. The fourth-order valence-electron chi connectivity index (χ4n) is 2.11. The van der Waals surface area contributed by atoms with Crippen molar-refractivity contribution in [3.8, 4) is 0 Å². The fourth-order valence-corrected chi connectivity index (χ4v) is 2.11. The number of unbranched alkanes of at least 4 members (excludes halogenated alkanes) is 1. The topological polar surface area (TPSA) is 49.4 Å². The quantitative estimate of drug-likeness (QED) is 0.875. The summed E-state index contributed by atoms with van der Waals surface area (Å²) in [5.74, 6) is -0.0891. The Hall–Kier alpha value is -1.84. The first-order valence-electron chi connectivity index (χ1n) is 6.35. The van der Waals surface area contributed by atoms with Gasteiger partial charge in [-0.2, -0.15) is 0 Å². The smallest absolute Gasteiger partial charge is 0.250 e. The van der Waals surface area contributed by atoms with Gasteiger partial charge in [0.2, 0.25) is 11.8 Å². The Bertz CT molecular complexity index is 431. The van der Waals surface area contributed by atoms with Gasteiger partial charge in [0.25, 0.3) is 0 Å². The summed E-state index contributed by atoms with van der Waals surface area (Å²) in [6.45, 7) is 2.91. The van der Waals surface area contributed by atoms with Crippen LogP contribution in [0.4, 0.5) is 0 Å². The van der Waals surface area contributed by atoms with E-state index in [0.29, 0.717) is 6.54 Å². The molecule has 1 aliphatic rings. The number of amides is 2. The lowest BCUT2D eigenvalue weighted by Gasteiger charge is -2.32. The predicted molar refractivity (Wildman–Crippen MR) is 68.8 cm³/mol. The zero-order chi connectivity index (χ0) is 13.0. The van der Waals surface area contributed by atoms with E-state index >= 15 is 0 Å². The molecule has 1 saturated heterocycles. The highest BCUT2D eigenvalue weighted by molar-refractivity contribution is 5.95. The van der Waals surface area contributed by atoms with Crippen LogP contribution in [-0.4, -0.2) is 29.8 Å². The highest BCUT2D eigenvalue weighted by Gasteiger charge is 2.32. The molecule has 96 valence electrons. The summed E-state index contributed by atoms with van der Waals surface area (Å²) in [6.07, 6.45) is 1.95. The molecule has 0 spiro atoms. The Morgan fingerprint density at radius 3 is 2.67 bits per heavy atom. The van der Waals surface area contributed by atoms with Crippen molar-refractivity contribution in [3.05, 3.63) is 35.9 Å². The average molecular weight is 246 g/mol. The third kappa shape index (κ3) is 2.70. The summed E-state index contributed by atoms with van der Waals surface area (Å²) in [6, 6.07) is 8.86. The molecule has 0 radical (unpaired) electrons. The van der Waals surface area contributed by atoms with Crippen LogP contribution in [0.25, 0.3) is 0 Å². The number of carbonyl (C=O) groups excluding carboxylic acids is 2. The van der Waals surface area contributed by atoms with Gasteiger partial charge in [0.15, 0.2) is 0 Å². The number of hydrogen-bond donors (Lipinski definition) is 1. The van der Waals surface area contributed by atoms with Gasteiger partial charge in [-0.15, -0.1) is 0 Å². The van der Waals surface area contributed by atoms with Gasteiger partial charge in [0.1, 0.15) is 6.04 Å². The maximum absolute atomic E-state index is 12.3. The van der Waals surface area contributed by atoms with Crippen molar-refractivity contribution < 1.29 is 9.59 Å². The normalized spacial score (nSPS) is 19.8. The molecular formula is C14H18N2O2. The van der Waals surface area contributed by atoms with Gasteiger partial charge in [-0.05, 0) is 12.0 Å². The molecule has 18 heavy (non-hydrogen) atoms. The lowest BCUT2D eigenvalue weighted by atomic mass is 10.0. The van der Waals surface area contributed by atoms with Gasteiger partial charge in [-0.3, -0.25) is 9.59 Å². The molecule has 1 aromatic carbocycles. The molecule has 0 saturated carbocycles. The van der Waals surface area contributed by atoms with Gasteiger partial charge >= 0.3 is 0 Å². The van der Waals surface area contributed by atoms with E-state index in [2.05, 4.69) is 12.2 Å². The molecule has 1 fully saturated rings. The Labute approximate surface area is 107 Å². The lowest BCUT2D eigenvalue weighted by Crippen LogP contribution is -2.53. The Morgan fingerprint density at radius 2 is 2.00 bits per heavy atom. The van der Waals surface area contributed by atoms with Gasteiger partial charge in [-0.25, -0.2) is 0 Å². The molecule has 4 heteroatoms. The monoisotopic (exact) mass is 246 g/mol. The van der Waals surface area contributed by atoms with Crippen LogP contribution in [0.2, 0.25) is 0 Å². The molecule has 1 aliphatic heterocycles. The molecule has 1 N–H and O–H groups in total. The average Bonchev–Trinajstić information content (AvgIpc) is 2.40. The first-order valence-corrected chi connectivity index (χ1v) is 6.35. The minimum absolute atomic E-state index is 0.00532.